The van der Waals surface area contributed by atoms with E-state index in [1.54, 1.807) is 12.1 Å². The fraction of sp³-hybridized carbons (Fsp3) is 0.286. The van der Waals surface area contributed by atoms with E-state index in [0.717, 1.165) is 4.91 Å². The Labute approximate surface area is 125 Å². The molecule has 0 bridgehead atoms. The molecule has 0 saturated heterocycles. The standard InChI is InChI=1S/C14H13FN4OS/c1-2-8(16)13-18-9-6-10(21-12(9)14(20)19-13)7-3-4-17-11(15)5-7/h3-6,8,12H,2,16H2,1H3/t8-,12?/m0/s1. The van der Waals surface area contributed by atoms with Crippen LogP contribution < -0.4 is 5.73 Å². The average Bonchev–Trinajstić information content (AvgIpc) is 2.91. The number of amides is 1. The van der Waals surface area contributed by atoms with Gasteiger partial charge in [-0.3, -0.25) is 4.79 Å². The average molecular weight is 304 g/mol. The lowest BCUT2D eigenvalue weighted by atomic mass is 10.1. The van der Waals surface area contributed by atoms with Crippen molar-refractivity contribution < 1.29 is 9.18 Å². The number of nitrogens with zero attached hydrogens (tertiary/aromatic N) is 3. The number of hydrogen-bond donors (Lipinski definition) is 1. The minimum Gasteiger partial charge on any atom is -0.321 e. The number of rotatable bonds is 3. The number of pyridine rings is 1. The van der Waals surface area contributed by atoms with Gasteiger partial charge in [0.05, 0.1) is 11.8 Å². The SMILES string of the molecule is CC[C@H](N)C1=NC(=O)C2SC(c3ccnc(F)c3)=CC2=N1. The molecule has 1 aromatic rings. The molecule has 2 aliphatic heterocycles. The molecule has 1 unspecified atom stereocenters. The number of thioether (sulfide) groups is 1. The maximum absolute atomic E-state index is 13.2. The lowest BCUT2D eigenvalue weighted by Gasteiger charge is -2.16. The van der Waals surface area contributed by atoms with Crippen LogP contribution in [0.1, 0.15) is 18.9 Å². The topological polar surface area (TPSA) is 80.7 Å². The molecule has 21 heavy (non-hydrogen) atoms. The van der Waals surface area contributed by atoms with E-state index < -0.39 is 11.2 Å². The summed E-state index contributed by atoms with van der Waals surface area (Å²) in [6.07, 6.45) is 3.85. The second-order valence-corrected chi connectivity index (χ2v) is 5.88. The molecular formula is C14H13FN4OS. The van der Waals surface area contributed by atoms with Gasteiger partial charge in [0.15, 0.2) is 0 Å². The van der Waals surface area contributed by atoms with Gasteiger partial charge >= 0.3 is 0 Å². The summed E-state index contributed by atoms with van der Waals surface area (Å²) >= 11 is 1.32. The molecule has 1 aromatic heterocycles. The van der Waals surface area contributed by atoms with Crippen LogP contribution in [0.2, 0.25) is 0 Å². The van der Waals surface area contributed by atoms with Gasteiger partial charge < -0.3 is 5.73 Å². The van der Waals surface area contributed by atoms with E-state index >= 15 is 0 Å². The second kappa shape index (κ2) is 5.50. The number of carbonyl (C=O) groups is 1. The van der Waals surface area contributed by atoms with E-state index in [2.05, 4.69) is 15.0 Å². The predicted molar refractivity (Wildman–Crippen MR) is 81.7 cm³/mol. The normalized spacial score (nSPS) is 22.3. The first-order valence-corrected chi connectivity index (χ1v) is 7.43. The lowest BCUT2D eigenvalue weighted by molar-refractivity contribution is -0.116. The van der Waals surface area contributed by atoms with Crippen molar-refractivity contribution in [2.24, 2.45) is 15.7 Å². The summed E-state index contributed by atoms with van der Waals surface area (Å²) in [4.78, 5) is 24.7. The van der Waals surface area contributed by atoms with Crippen molar-refractivity contribution in [1.29, 1.82) is 0 Å². The van der Waals surface area contributed by atoms with Gasteiger partial charge in [-0.2, -0.15) is 9.38 Å². The van der Waals surface area contributed by atoms with E-state index in [9.17, 15) is 9.18 Å². The molecule has 7 heteroatoms. The molecule has 0 radical (unpaired) electrons. The highest BCUT2D eigenvalue weighted by molar-refractivity contribution is 8.10. The number of fused-ring (bicyclic) bond motifs is 1. The Morgan fingerprint density at radius 2 is 2.29 bits per heavy atom. The number of carbonyl (C=O) groups excluding carboxylic acids is 1. The van der Waals surface area contributed by atoms with Crippen LogP contribution >= 0.6 is 11.8 Å². The van der Waals surface area contributed by atoms with Crippen molar-refractivity contribution in [3.8, 4) is 0 Å². The van der Waals surface area contributed by atoms with Crippen molar-refractivity contribution in [1.82, 2.24) is 4.98 Å². The molecule has 2 N–H and O–H groups in total. The summed E-state index contributed by atoms with van der Waals surface area (Å²) in [6, 6.07) is 2.69. The van der Waals surface area contributed by atoms with Crippen LogP contribution in [-0.4, -0.2) is 33.7 Å². The Balaban J connectivity index is 1.94. The summed E-state index contributed by atoms with van der Waals surface area (Å²) in [5.41, 5.74) is 7.19. The van der Waals surface area contributed by atoms with Gasteiger partial charge in [0.2, 0.25) is 5.95 Å². The van der Waals surface area contributed by atoms with Crippen molar-refractivity contribution in [2.75, 3.05) is 0 Å². The molecule has 5 nitrogen and oxygen atoms in total. The van der Waals surface area contributed by atoms with Gasteiger partial charge in [0.1, 0.15) is 11.1 Å². The van der Waals surface area contributed by atoms with E-state index in [0.29, 0.717) is 23.5 Å². The van der Waals surface area contributed by atoms with Gasteiger partial charge in [0, 0.05) is 17.2 Å². The van der Waals surface area contributed by atoms with E-state index in [4.69, 9.17) is 5.73 Å². The highest BCUT2D eigenvalue weighted by Crippen LogP contribution is 2.39. The van der Waals surface area contributed by atoms with Gasteiger partial charge in [0.25, 0.3) is 5.91 Å². The largest absolute Gasteiger partial charge is 0.321 e. The summed E-state index contributed by atoms with van der Waals surface area (Å²) in [5.74, 6) is -0.445. The minimum absolute atomic E-state index is 0.260. The van der Waals surface area contributed by atoms with Crippen LogP contribution in [0.4, 0.5) is 4.39 Å². The zero-order valence-corrected chi connectivity index (χ0v) is 12.1. The number of aliphatic imine (C=N–C) groups is 2. The van der Waals surface area contributed by atoms with Crippen LogP contribution in [0.15, 0.2) is 34.4 Å². The van der Waals surface area contributed by atoms with Crippen molar-refractivity contribution in [3.05, 3.63) is 35.9 Å². The Hall–Kier alpha value is -1.86. The fourth-order valence-electron chi connectivity index (χ4n) is 2.08. The first kappa shape index (κ1) is 14.1. The van der Waals surface area contributed by atoms with E-state index in [1.165, 1.54) is 24.0 Å². The Kier molecular flexibility index (Phi) is 3.69. The molecule has 0 saturated carbocycles. The lowest BCUT2D eigenvalue weighted by Crippen LogP contribution is -2.36. The Bertz CT molecular complexity index is 698. The highest BCUT2D eigenvalue weighted by atomic mass is 32.2. The van der Waals surface area contributed by atoms with Crippen molar-refractivity contribution in [2.45, 2.75) is 24.6 Å². The van der Waals surface area contributed by atoms with Crippen LogP contribution in [0.3, 0.4) is 0 Å². The zero-order valence-electron chi connectivity index (χ0n) is 11.3. The fourth-order valence-corrected chi connectivity index (χ4v) is 3.18. The number of halogens is 1. The Morgan fingerprint density at radius 1 is 1.48 bits per heavy atom. The Morgan fingerprint density at radius 3 is 3.00 bits per heavy atom. The van der Waals surface area contributed by atoms with Gasteiger partial charge in [-0.25, -0.2) is 9.98 Å². The number of nitrogens with two attached hydrogens (primary N) is 1. The molecule has 0 spiro atoms. The van der Waals surface area contributed by atoms with Gasteiger partial charge in [-0.05, 0) is 24.1 Å². The van der Waals surface area contributed by atoms with Crippen molar-refractivity contribution >= 4 is 34.1 Å². The molecule has 3 heterocycles. The molecule has 3 rings (SSSR count). The predicted octanol–water partition coefficient (Wildman–Crippen LogP) is 1.79. The molecule has 2 aliphatic rings. The van der Waals surface area contributed by atoms with Crippen LogP contribution in [0.5, 0.6) is 0 Å². The molecule has 108 valence electrons. The summed E-state index contributed by atoms with van der Waals surface area (Å²) in [6.45, 7) is 1.91. The van der Waals surface area contributed by atoms with Crippen LogP contribution in [0.25, 0.3) is 4.91 Å². The first-order valence-electron chi connectivity index (χ1n) is 6.55. The molecule has 1 amide bonds. The number of amidine groups is 1. The third-order valence-electron chi connectivity index (χ3n) is 3.27. The maximum atomic E-state index is 13.2. The van der Waals surface area contributed by atoms with Gasteiger partial charge in [-0.15, -0.1) is 11.8 Å². The monoisotopic (exact) mass is 304 g/mol. The van der Waals surface area contributed by atoms with Crippen LogP contribution in [0, 0.1) is 5.95 Å². The quantitative estimate of drug-likeness (QED) is 0.863. The third-order valence-corrected chi connectivity index (χ3v) is 4.55. The summed E-state index contributed by atoms with van der Waals surface area (Å²) in [7, 11) is 0. The molecule has 2 atom stereocenters. The number of allylic oxidation sites excluding steroid dienone is 1. The molecular weight excluding hydrogens is 291 g/mol. The summed E-state index contributed by atoms with van der Waals surface area (Å²) < 4.78 is 13.2. The smallest absolute Gasteiger partial charge is 0.267 e. The zero-order chi connectivity index (χ0) is 15.0. The number of aromatic nitrogens is 1. The van der Waals surface area contributed by atoms with E-state index in [1.807, 2.05) is 6.92 Å². The van der Waals surface area contributed by atoms with Crippen molar-refractivity contribution in [3.63, 3.8) is 0 Å². The maximum Gasteiger partial charge on any atom is 0.267 e. The molecule has 0 aliphatic carbocycles. The van der Waals surface area contributed by atoms with Crippen LogP contribution in [-0.2, 0) is 4.79 Å². The van der Waals surface area contributed by atoms with Gasteiger partial charge in [-0.1, -0.05) is 6.92 Å². The number of hydrogen-bond acceptors (Lipinski definition) is 5. The molecule has 0 aromatic carbocycles. The molecule has 0 fully saturated rings. The first-order chi connectivity index (χ1) is 10.1. The minimum atomic E-state index is -0.554. The van der Waals surface area contributed by atoms with E-state index in [-0.39, 0.29) is 11.9 Å². The highest BCUT2D eigenvalue weighted by Gasteiger charge is 2.35. The third kappa shape index (κ3) is 2.66. The second-order valence-electron chi connectivity index (χ2n) is 4.73. The summed E-state index contributed by atoms with van der Waals surface area (Å²) in [5, 5.41) is -0.455.